The van der Waals surface area contributed by atoms with Crippen molar-refractivity contribution >= 4 is 21.7 Å². The molecule has 0 nitrogen and oxygen atoms in total. The second kappa shape index (κ2) is 11.0. The monoisotopic (exact) mass is 332 g/mol. The van der Waals surface area contributed by atoms with Gasteiger partial charge in [-0.05, 0) is 0 Å². The molecule has 2 aromatic rings. The minimum absolute atomic E-state index is 0. The largest absolute Gasteiger partial charge is 4.00 e. The number of fused-ring (bicyclic) bond motifs is 1. The Kier molecular flexibility index (Phi) is 18.1. The maximum absolute atomic E-state index is 2.20. The van der Waals surface area contributed by atoms with Crippen LogP contribution in [-0.2, 0) is 26.2 Å². The third kappa shape index (κ3) is 5.97. The molecule has 0 heterocycles. The van der Waals surface area contributed by atoms with Gasteiger partial charge in [0.1, 0.15) is 0 Å². The van der Waals surface area contributed by atoms with E-state index in [9.17, 15) is 0 Å². The zero-order chi connectivity index (χ0) is 6.97. The molecule has 0 spiro atoms. The van der Waals surface area contributed by atoms with Gasteiger partial charge in [-0.1, -0.05) is 13.0 Å². The molecule has 15 heavy (non-hydrogen) atoms. The summed E-state index contributed by atoms with van der Waals surface area (Å²) in [7, 11) is 0. The summed E-state index contributed by atoms with van der Waals surface area (Å²) in [6.45, 7) is 2.12. The molecular formula is C11H12Cl2SiZr. The van der Waals surface area contributed by atoms with E-state index >= 15 is 0 Å². The summed E-state index contributed by atoms with van der Waals surface area (Å²) >= 11 is 0. The maximum Gasteiger partial charge on any atom is 4.00 e. The summed E-state index contributed by atoms with van der Waals surface area (Å²) in [4.78, 5) is 0. The van der Waals surface area contributed by atoms with Crippen molar-refractivity contribution in [2.45, 2.75) is 6.92 Å². The first-order chi connectivity index (χ1) is 4.86. The van der Waals surface area contributed by atoms with Crippen molar-refractivity contribution < 1.29 is 51.0 Å². The number of aryl methyl sites for hydroxylation is 1. The Bertz CT molecular complexity index is 327. The quantitative estimate of drug-likeness (QED) is 0.355. The van der Waals surface area contributed by atoms with Crippen molar-refractivity contribution in [2.24, 2.45) is 0 Å². The van der Waals surface area contributed by atoms with Gasteiger partial charge in [-0.3, -0.25) is 0 Å². The van der Waals surface area contributed by atoms with Gasteiger partial charge in [-0.15, -0.1) is 40.6 Å². The molecule has 4 radical (unpaired) electrons. The van der Waals surface area contributed by atoms with Gasteiger partial charge in [0.25, 0.3) is 0 Å². The van der Waals surface area contributed by atoms with Crippen LogP contribution in [0.3, 0.4) is 0 Å². The summed E-state index contributed by atoms with van der Waals surface area (Å²) in [6, 6.07) is 12.8. The number of rotatable bonds is 0. The van der Waals surface area contributed by atoms with Crippen LogP contribution in [-0.4, -0.2) is 11.0 Å². The van der Waals surface area contributed by atoms with Gasteiger partial charge in [0.15, 0.2) is 0 Å². The van der Waals surface area contributed by atoms with Crippen molar-refractivity contribution in [1.82, 2.24) is 0 Å². The Morgan fingerprint density at radius 2 is 1.60 bits per heavy atom. The molecule has 0 fully saturated rings. The fourth-order valence-electron chi connectivity index (χ4n) is 1.31. The first-order valence-electron chi connectivity index (χ1n) is 3.48. The van der Waals surface area contributed by atoms with E-state index in [-0.39, 0.29) is 69.4 Å². The third-order valence-electron chi connectivity index (χ3n) is 1.76. The van der Waals surface area contributed by atoms with Gasteiger partial charge in [0, 0.05) is 11.0 Å². The predicted molar refractivity (Wildman–Crippen MR) is 56.4 cm³/mol. The van der Waals surface area contributed by atoms with E-state index < -0.39 is 0 Å². The summed E-state index contributed by atoms with van der Waals surface area (Å²) in [5.74, 6) is 0. The van der Waals surface area contributed by atoms with Crippen LogP contribution in [0.5, 0.6) is 0 Å². The van der Waals surface area contributed by atoms with Crippen molar-refractivity contribution in [3.63, 3.8) is 0 Å². The minimum atomic E-state index is 0. The van der Waals surface area contributed by atoms with Crippen LogP contribution in [0.25, 0.3) is 10.8 Å². The van der Waals surface area contributed by atoms with Gasteiger partial charge in [0.2, 0.25) is 0 Å². The van der Waals surface area contributed by atoms with Crippen LogP contribution in [0.1, 0.15) is 5.56 Å². The van der Waals surface area contributed by atoms with Gasteiger partial charge in [0.05, 0.1) is 0 Å². The number of hydrogen-bond donors (Lipinski definition) is 0. The van der Waals surface area contributed by atoms with E-state index in [1.807, 2.05) is 0 Å². The van der Waals surface area contributed by atoms with Crippen molar-refractivity contribution in [1.29, 1.82) is 0 Å². The Hall–Kier alpha value is 0.510. The minimum Gasteiger partial charge on any atom is -1.00 e. The molecule has 0 aliphatic carbocycles. The van der Waals surface area contributed by atoms with E-state index in [0.29, 0.717) is 0 Å². The molecule has 78 valence electrons. The van der Waals surface area contributed by atoms with Crippen LogP contribution >= 0.6 is 0 Å². The second-order valence-electron chi connectivity index (χ2n) is 2.66. The average molecular weight is 334 g/mol. The third-order valence-corrected chi connectivity index (χ3v) is 1.76. The molecule has 0 atom stereocenters. The number of hydrogen-bond acceptors (Lipinski definition) is 0. The molecule has 0 saturated heterocycles. The normalized spacial score (nSPS) is 7.00. The van der Waals surface area contributed by atoms with Gasteiger partial charge in [-0.2, -0.15) is 6.07 Å². The fourth-order valence-corrected chi connectivity index (χ4v) is 1.31. The Balaban J connectivity index is -0.000000121. The summed E-state index contributed by atoms with van der Waals surface area (Å²) < 4.78 is 0. The molecule has 2 rings (SSSR count). The SMILES string of the molecule is Cc1cc2ccccc2[cH-]1.[CH3-].[Cl-].[Cl-].[Si].[Zr+4]. The van der Waals surface area contributed by atoms with Crippen LogP contribution in [0.15, 0.2) is 36.4 Å². The van der Waals surface area contributed by atoms with Crippen LogP contribution in [0.2, 0.25) is 0 Å². The van der Waals surface area contributed by atoms with Gasteiger partial charge in [-0.25, -0.2) is 0 Å². The molecule has 0 bridgehead atoms. The first-order valence-corrected chi connectivity index (χ1v) is 3.48. The van der Waals surface area contributed by atoms with E-state index in [4.69, 9.17) is 0 Å². The summed E-state index contributed by atoms with van der Waals surface area (Å²) in [6.07, 6.45) is 0. The molecule has 0 unspecified atom stereocenters. The number of halogens is 2. The van der Waals surface area contributed by atoms with Crippen molar-refractivity contribution in [2.75, 3.05) is 0 Å². The standard InChI is InChI=1S/C10H9.CH3.2ClH.Si.Zr/c1-8-6-9-4-2-3-5-10(9)7-8;;;;;/h2-7H,1H3;1H3;2*1H;;/q2*-1;;;;+4/p-2. The van der Waals surface area contributed by atoms with Crippen LogP contribution < -0.4 is 24.8 Å². The van der Waals surface area contributed by atoms with Crippen molar-refractivity contribution in [3.05, 3.63) is 49.4 Å². The van der Waals surface area contributed by atoms with Crippen molar-refractivity contribution in [3.8, 4) is 0 Å². The van der Waals surface area contributed by atoms with E-state index in [0.717, 1.165) is 0 Å². The second-order valence-corrected chi connectivity index (χ2v) is 2.66. The van der Waals surface area contributed by atoms with Crippen LogP contribution in [0.4, 0.5) is 0 Å². The number of benzene rings is 1. The molecule has 0 N–H and O–H groups in total. The zero-order valence-corrected chi connectivity index (χ0v) is 13.7. The van der Waals surface area contributed by atoms with E-state index in [1.54, 1.807) is 0 Å². The maximum atomic E-state index is 2.20. The molecule has 0 saturated carbocycles. The fraction of sp³-hybridized carbons (Fsp3) is 0.0909. The van der Waals surface area contributed by atoms with Gasteiger partial charge >= 0.3 is 26.2 Å². The van der Waals surface area contributed by atoms with Crippen LogP contribution in [0, 0.1) is 14.4 Å². The molecule has 0 aliphatic rings. The Morgan fingerprint density at radius 1 is 1.07 bits per heavy atom. The van der Waals surface area contributed by atoms with E-state index in [1.165, 1.54) is 16.3 Å². The molecule has 4 heteroatoms. The molecule has 2 aromatic carbocycles. The smallest absolute Gasteiger partial charge is 1.00 e. The first kappa shape index (κ1) is 24.6. The summed E-state index contributed by atoms with van der Waals surface area (Å²) in [5.41, 5.74) is 1.35. The topological polar surface area (TPSA) is 0 Å². The molecule has 0 aliphatic heterocycles. The molecule has 0 amide bonds. The molecule has 0 aromatic heterocycles. The average Bonchev–Trinajstić information content (AvgIpc) is 2.27. The Labute approximate surface area is 128 Å². The van der Waals surface area contributed by atoms with E-state index in [2.05, 4.69) is 43.3 Å². The Morgan fingerprint density at radius 3 is 2.13 bits per heavy atom. The summed E-state index contributed by atoms with van der Waals surface area (Å²) in [5, 5.41) is 2.69. The predicted octanol–water partition coefficient (Wildman–Crippen LogP) is -3.06. The zero-order valence-electron chi connectivity index (χ0n) is 8.72. The van der Waals surface area contributed by atoms with Gasteiger partial charge < -0.3 is 32.2 Å². The molecular weight excluding hydrogens is 322 g/mol.